The molecule has 0 unspecified atom stereocenters. The normalized spacial score (nSPS) is 19.6. The number of rotatable bonds is 7. The zero-order valence-corrected chi connectivity index (χ0v) is 13.2. The van der Waals surface area contributed by atoms with E-state index in [9.17, 15) is 4.79 Å². The Bertz CT molecular complexity index is 528. The van der Waals surface area contributed by atoms with Crippen molar-refractivity contribution >= 4 is 5.91 Å². The number of amides is 1. The Morgan fingerprint density at radius 2 is 2.17 bits per heavy atom. The first-order chi connectivity index (χ1) is 11.3. The summed E-state index contributed by atoms with van der Waals surface area (Å²) in [5.74, 6) is 1.45. The van der Waals surface area contributed by atoms with Crippen molar-refractivity contribution in [2.75, 3.05) is 33.2 Å². The maximum atomic E-state index is 11.7. The second-order valence-corrected chi connectivity index (χ2v) is 5.79. The van der Waals surface area contributed by atoms with Crippen molar-refractivity contribution in [3.8, 4) is 11.5 Å². The quantitative estimate of drug-likeness (QED) is 0.827. The SMILES string of the molecule is O=C(COC[C@@H]1CCCCO1)NCCc1ccc2c(c1)OCO2. The summed E-state index contributed by atoms with van der Waals surface area (Å²) in [7, 11) is 0. The fourth-order valence-corrected chi connectivity index (χ4v) is 2.72. The number of nitrogens with one attached hydrogen (secondary N) is 1. The molecule has 6 nitrogen and oxygen atoms in total. The highest BCUT2D eigenvalue weighted by molar-refractivity contribution is 5.77. The minimum Gasteiger partial charge on any atom is -0.454 e. The van der Waals surface area contributed by atoms with Gasteiger partial charge in [-0.05, 0) is 43.4 Å². The molecule has 1 fully saturated rings. The van der Waals surface area contributed by atoms with Gasteiger partial charge in [0.05, 0.1) is 12.7 Å². The number of fused-ring (bicyclic) bond motifs is 1. The minimum atomic E-state index is -0.0958. The fraction of sp³-hybridized carbons (Fsp3) is 0.588. The Morgan fingerprint density at radius 1 is 1.26 bits per heavy atom. The van der Waals surface area contributed by atoms with Crippen molar-refractivity contribution in [2.24, 2.45) is 0 Å². The summed E-state index contributed by atoms with van der Waals surface area (Å²) in [4.78, 5) is 11.7. The first-order valence-electron chi connectivity index (χ1n) is 8.16. The molecule has 0 aromatic heterocycles. The van der Waals surface area contributed by atoms with E-state index in [0.717, 1.165) is 42.9 Å². The van der Waals surface area contributed by atoms with Crippen LogP contribution >= 0.6 is 0 Å². The molecule has 126 valence electrons. The average Bonchev–Trinajstić information content (AvgIpc) is 3.03. The molecule has 0 spiro atoms. The van der Waals surface area contributed by atoms with Gasteiger partial charge in [-0.1, -0.05) is 6.07 Å². The van der Waals surface area contributed by atoms with Gasteiger partial charge in [0.2, 0.25) is 12.7 Å². The molecule has 0 radical (unpaired) electrons. The molecule has 0 saturated carbocycles. The first-order valence-corrected chi connectivity index (χ1v) is 8.16. The monoisotopic (exact) mass is 321 g/mol. The lowest BCUT2D eigenvalue weighted by molar-refractivity contribution is -0.127. The summed E-state index contributed by atoms with van der Waals surface area (Å²) in [5, 5.41) is 2.86. The molecule has 23 heavy (non-hydrogen) atoms. The largest absolute Gasteiger partial charge is 0.454 e. The van der Waals surface area contributed by atoms with Gasteiger partial charge in [-0.3, -0.25) is 4.79 Å². The highest BCUT2D eigenvalue weighted by Crippen LogP contribution is 2.32. The topological polar surface area (TPSA) is 66.0 Å². The zero-order chi connectivity index (χ0) is 15.9. The summed E-state index contributed by atoms with van der Waals surface area (Å²) >= 11 is 0. The van der Waals surface area contributed by atoms with Crippen molar-refractivity contribution in [1.82, 2.24) is 5.32 Å². The third-order valence-electron chi connectivity index (χ3n) is 3.98. The van der Waals surface area contributed by atoms with Crippen LogP contribution in [-0.2, 0) is 20.7 Å². The Kier molecular flexibility index (Phi) is 5.71. The Hall–Kier alpha value is -1.79. The summed E-state index contributed by atoms with van der Waals surface area (Å²) in [6, 6.07) is 5.83. The van der Waals surface area contributed by atoms with Gasteiger partial charge < -0.3 is 24.3 Å². The van der Waals surface area contributed by atoms with Crippen LogP contribution in [0.25, 0.3) is 0 Å². The van der Waals surface area contributed by atoms with Crippen molar-refractivity contribution in [3.63, 3.8) is 0 Å². The third kappa shape index (κ3) is 4.84. The summed E-state index contributed by atoms with van der Waals surface area (Å²) in [5.41, 5.74) is 1.10. The highest BCUT2D eigenvalue weighted by atomic mass is 16.7. The molecule has 1 saturated heterocycles. The van der Waals surface area contributed by atoms with Crippen molar-refractivity contribution in [3.05, 3.63) is 23.8 Å². The van der Waals surface area contributed by atoms with Crippen LogP contribution in [0.15, 0.2) is 18.2 Å². The second kappa shape index (κ2) is 8.17. The molecule has 1 aromatic rings. The lowest BCUT2D eigenvalue weighted by Gasteiger charge is -2.22. The number of carbonyl (C=O) groups excluding carboxylic acids is 1. The smallest absolute Gasteiger partial charge is 0.246 e. The van der Waals surface area contributed by atoms with Crippen molar-refractivity contribution < 1.29 is 23.7 Å². The van der Waals surface area contributed by atoms with Gasteiger partial charge in [-0.15, -0.1) is 0 Å². The van der Waals surface area contributed by atoms with Crippen LogP contribution in [0.3, 0.4) is 0 Å². The molecule has 2 heterocycles. The molecule has 2 aliphatic rings. The van der Waals surface area contributed by atoms with E-state index in [2.05, 4.69) is 5.32 Å². The second-order valence-electron chi connectivity index (χ2n) is 5.79. The molecule has 1 N–H and O–H groups in total. The number of hydrogen-bond acceptors (Lipinski definition) is 5. The lowest BCUT2D eigenvalue weighted by Crippen LogP contribution is -2.32. The molecule has 1 aromatic carbocycles. The van der Waals surface area contributed by atoms with Gasteiger partial charge >= 0.3 is 0 Å². The van der Waals surface area contributed by atoms with Crippen LogP contribution in [0.1, 0.15) is 24.8 Å². The molecule has 2 aliphatic heterocycles. The first kappa shape index (κ1) is 16.1. The van der Waals surface area contributed by atoms with Gasteiger partial charge in [0.15, 0.2) is 11.5 Å². The molecule has 0 aliphatic carbocycles. The van der Waals surface area contributed by atoms with E-state index in [1.807, 2.05) is 18.2 Å². The number of carbonyl (C=O) groups is 1. The molecule has 6 heteroatoms. The van der Waals surface area contributed by atoms with Crippen LogP contribution in [0, 0.1) is 0 Å². The minimum absolute atomic E-state index is 0.0843. The highest BCUT2D eigenvalue weighted by Gasteiger charge is 2.15. The van der Waals surface area contributed by atoms with Crippen LogP contribution in [0.2, 0.25) is 0 Å². The summed E-state index contributed by atoms with van der Waals surface area (Å²) < 4.78 is 21.6. The predicted octanol–water partition coefficient (Wildman–Crippen LogP) is 1.66. The Morgan fingerprint density at radius 3 is 3.04 bits per heavy atom. The Balaban J connectivity index is 1.30. The van der Waals surface area contributed by atoms with Gasteiger partial charge in [-0.25, -0.2) is 0 Å². The summed E-state index contributed by atoms with van der Waals surface area (Å²) in [6.07, 6.45) is 4.21. The van der Waals surface area contributed by atoms with Gasteiger partial charge in [0.1, 0.15) is 6.61 Å². The van der Waals surface area contributed by atoms with Gasteiger partial charge in [0, 0.05) is 13.2 Å². The van der Waals surface area contributed by atoms with E-state index >= 15 is 0 Å². The van der Waals surface area contributed by atoms with Crippen LogP contribution in [0.4, 0.5) is 0 Å². The van der Waals surface area contributed by atoms with Gasteiger partial charge in [-0.2, -0.15) is 0 Å². The molecular weight excluding hydrogens is 298 g/mol. The average molecular weight is 321 g/mol. The zero-order valence-electron chi connectivity index (χ0n) is 13.2. The number of benzene rings is 1. The standard InChI is InChI=1S/C17H23NO5/c19-17(11-20-10-14-3-1-2-8-21-14)18-7-6-13-4-5-15-16(9-13)23-12-22-15/h4-5,9,14H,1-3,6-8,10-12H2,(H,18,19)/t14-/m0/s1. The lowest BCUT2D eigenvalue weighted by atomic mass is 10.1. The summed E-state index contributed by atoms with van der Waals surface area (Å²) in [6.45, 7) is 2.23. The Labute approximate surface area is 136 Å². The molecule has 1 amide bonds. The van der Waals surface area contributed by atoms with E-state index in [4.69, 9.17) is 18.9 Å². The fourth-order valence-electron chi connectivity index (χ4n) is 2.72. The van der Waals surface area contributed by atoms with Crippen LogP contribution in [0.5, 0.6) is 11.5 Å². The van der Waals surface area contributed by atoms with E-state index in [1.165, 1.54) is 6.42 Å². The maximum absolute atomic E-state index is 11.7. The van der Waals surface area contributed by atoms with Crippen LogP contribution < -0.4 is 14.8 Å². The van der Waals surface area contributed by atoms with Gasteiger partial charge in [0.25, 0.3) is 0 Å². The van der Waals surface area contributed by atoms with Crippen molar-refractivity contribution in [2.45, 2.75) is 31.8 Å². The molecular formula is C17H23NO5. The van der Waals surface area contributed by atoms with E-state index in [-0.39, 0.29) is 25.4 Å². The number of ether oxygens (including phenoxy) is 4. The van der Waals surface area contributed by atoms with E-state index < -0.39 is 0 Å². The third-order valence-corrected chi connectivity index (χ3v) is 3.98. The molecule has 1 atom stereocenters. The van der Waals surface area contributed by atoms with Crippen LogP contribution in [-0.4, -0.2) is 45.2 Å². The van der Waals surface area contributed by atoms with Crippen molar-refractivity contribution in [1.29, 1.82) is 0 Å². The predicted molar refractivity (Wildman–Crippen MR) is 83.7 cm³/mol. The maximum Gasteiger partial charge on any atom is 0.246 e. The van der Waals surface area contributed by atoms with E-state index in [1.54, 1.807) is 0 Å². The van der Waals surface area contributed by atoms with E-state index in [0.29, 0.717) is 13.2 Å². The molecule has 0 bridgehead atoms. The number of hydrogen-bond donors (Lipinski definition) is 1. The molecule has 3 rings (SSSR count).